The van der Waals surface area contributed by atoms with Gasteiger partial charge in [-0.1, -0.05) is 18.2 Å². The predicted molar refractivity (Wildman–Crippen MR) is 108 cm³/mol. The molecule has 2 rings (SSSR count). The number of para-hydroxylation sites is 1. The van der Waals surface area contributed by atoms with Crippen molar-refractivity contribution >= 4 is 42.1 Å². The first kappa shape index (κ1) is 23.1. The van der Waals surface area contributed by atoms with Gasteiger partial charge in [0.15, 0.2) is 0 Å². The molecule has 25 heavy (non-hydrogen) atoms. The first-order valence-corrected chi connectivity index (χ1v) is 7.59. The number of hydrogen-bond acceptors (Lipinski definition) is 4. The van der Waals surface area contributed by atoms with Crippen LogP contribution in [0.5, 0.6) is 5.75 Å². The summed E-state index contributed by atoms with van der Waals surface area (Å²) in [4.78, 5) is 14.4. The molecular formula is C18H25Cl2N3O2. The fourth-order valence-corrected chi connectivity index (χ4v) is 2.14. The number of carbonyl (C=O) groups is 1. The lowest BCUT2D eigenvalue weighted by atomic mass is 10.1. The van der Waals surface area contributed by atoms with Crippen LogP contribution in [0, 0.1) is 0 Å². The molecule has 0 atom stereocenters. The van der Waals surface area contributed by atoms with Gasteiger partial charge in [-0.2, -0.15) is 0 Å². The Labute approximate surface area is 161 Å². The maximum atomic E-state index is 12.2. The third-order valence-corrected chi connectivity index (χ3v) is 3.32. The lowest BCUT2D eigenvalue weighted by Crippen LogP contribution is -2.15. The maximum absolute atomic E-state index is 12.2. The van der Waals surface area contributed by atoms with E-state index < -0.39 is 0 Å². The molecule has 0 radical (unpaired) electrons. The van der Waals surface area contributed by atoms with Gasteiger partial charge in [0.2, 0.25) is 0 Å². The quantitative estimate of drug-likeness (QED) is 0.563. The van der Waals surface area contributed by atoms with Gasteiger partial charge in [0.05, 0.1) is 12.2 Å². The Balaban J connectivity index is 0.00000288. The van der Waals surface area contributed by atoms with Crippen LogP contribution in [0.25, 0.3) is 0 Å². The van der Waals surface area contributed by atoms with Gasteiger partial charge in [0.1, 0.15) is 5.75 Å². The van der Waals surface area contributed by atoms with E-state index in [1.807, 2.05) is 38.4 Å². The molecule has 0 aliphatic carbocycles. The Hall–Kier alpha value is -1.95. The van der Waals surface area contributed by atoms with E-state index in [0.29, 0.717) is 23.5 Å². The Kier molecular flexibility index (Phi) is 10.7. The summed E-state index contributed by atoms with van der Waals surface area (Å²) >= 11 is 0. The lowest BCUT2D eigenvalue weighted by Gasteiger charge is -2.12. The van der Waals surface area contributed by atoms with Crippen LogP contribution in [-0.2, 0) is 0 Å². The van der Waals surface area contributed by atoms with E-state index in [0.717, 1.165) is 18.7 Å². The topological polar surface area (TPSA) is 67.6 Å². The maximum Gasteiger partial charge on any atom is 0.257 e. The van der Waals surface area contributed by atoms with Gasteiger partial charge in [-0.05, 0) is 44.8 Å². The standard InChI is InChI=1S/C18H23N3O2.2ClH/c1-21(2)11-6-12-23-15-8-5-7-14(13-15)20-18(22)16-9-3-4-10-17(16)19;;/h3-5,7-10,13H,6,11-12,19H2,1-2H3,(H,20,22);2*1H. The highest BCUT2D eigenvalue weighted by atomic mass is 35.5. The molecule has 2 aromatic carbocycles. The van der Waals surface area contributed by atoms with E-state index in [2.05, 4.69) is 10.2 Å². The average Bonchev–Trinajstić information content (AvgIpc) is 2.52. The lowest BCUT2D eigenvalue weighted by molar-refractivity contribution is 0.102. The van der Waals surface area contributed by atoms with Crippen LogP contribution < -0.4 is 15.8 Å². The summed E-state index contributed by atoms with van der Waals surface area (Å²) in [5, 5.41) is 2.84. The second-order valence-corrected chi connectivity index (χ2v) is 5.57. The van der Waals surface area contributed by atoms with Gasteiger partial charge >= 0.3 is 0 Å². The van der Waals surface area contributed by atoms with E-state index in [4.69, 9.17) is 10.5 Å². The smallest absolute Gasteiger partial charge is 0.257 e. The van der Waals surface area contributed by atoms with Crippen molar-refractivity contribution in [1.29, 1.82) is 0 Å². The number of nitrogen functional groups attached to an aromatic ring is 1. The number of hydrogen-bond donors (Lipinski definition) is 2. The zero-order chi connectivity index (χ0) is 16.7. The summed E-state index contributed by atoms with van der Waals surface area (Å²) in [6, 6.07) is 14.4. The zero-order valence-corrected chi connectivity index (χ0v) is 16.0. The fraction of sp³-hybridized carbons (Fsp3) is 0.278. The van der Waals surface area contributed by atoms with Crippen LogP contribution in [-0.4, -0.2) is 38.1 Å². The van der Waals surface area contributed by atoms with Gasteiger partial charge in [-0.25, -0.2) is 0 Å². The van der Waals surface area contributed by atoms with Crippen molar-refractivity contribution < 1.29 is 9.53 Å². The zero-order valence-electron chi connectivity index (χ0n) is 14.4. The van der Waals surface area contributed by atoms with E-state index in [9.17, 15) is 4.79 Å². The molecule has 5 nitrogen and oxygen atoms in total. The molecule has 0 aromatic heterocycles. The first-order valence-electron chi connectivity index (χ1n) is 7.59. The predicted octanol–water partition coefficient (Wildman–Crippen LogP) is 3.70. The summed E-state index contributed by atoms with van der Waals surface area (Å²) in [7, 11) is 4.07. The molecule has 138 valence electrons. The molecule has 0 spiro atoms. The molecule has 0 saturated carbocycles. The number of ether oxygens (including phenoxy) is 1. The van der Waals surface area contributed by atoms with Crippen LogP contribution >= 0.6 is 24.8 Å². The van der Waals surface area contributed by atoms with Gasteiger partial charge in [-0.3, -0.25) is 4.79 Å². The van der Waals surface area contributed by atoms with Crippen molar-refractivity contribution in [2.75, 3.05) is 38.3 Å². The van der Waals surface area contributed by atoms with Gasteiger partial charge in [0.25, 0.3) is 5.91 Å². The molecule has 0 fully saturated rings. The third kappa shape index (κ3) is 7.65. The van der Waals surface area contributed by atoms with Gasteiger partial charge in [-0.15, -0.1) is 24.8 Å². The first-order chi connectivity index (χ1) is 11.1. The summed E-state index contributed by atoms with van der Waals surface area (Å²) < 4.78 is 5.71. The molecule has 0 aliphatic heterocycles. The van der Waals surface area contributed by atoms with Crippen molar-refractivity contribution in [2.45, 2.75) is 6.42 Å². The Morgan fingerprint density at radius 2 is 1.84 bits per heavy atom. The minimum absolute atomic E-state index is 0. The van der Waals surface area contributed by atoms with Crippen molar-refractivity contribution in [2.24, 2.45) is 0 Å². The number of amides is 1. The Morgan fingerprint density at radius 3 is 2.52 bits per heavy atom. The number of nitrogens with zero attached hydrogens (tertiary/aromatic N) is 1. The molecule has 2 aromatic rings. The molecular weight excluding hydrogens is 361 g/mol. The van der Waals surface area contributed by atoms with Gasteiger partial charge < -0.3 is 20.7 Å². The molecule has 0 unspecified atom stereocenters. The highest BCUT2D eigenvalue weighted by Crippen LogP contribution is 2.19. The molecule has 7 heteroatoms. The molecule has 1 amide bonds. The monoisotopic (exact) mass is 385 g/mol. The molecule has 0 saturated heterocycles. The van der Waals surface area contributed by atoms with Crippen molar-refractivity contribution in [1.82, 2.24) is 4.90 Å². The number of benzene rings is 2. The summed E-state index contributed by atoms with van der Waals surface area (Å²) in [6.45, 7) is 1.62. The van der Waals surface area contributed by atoms with E-state index in [1.54, 1.807) is 24.3 Å². The van der Waals surface area contributed by atoms with Crippen LogP contribution in [0.15, 0.2) is 48.5 Å². The summed E-state index contributed by atoms with van der Waals surface area (Å²) in [5.41, 5.74) is 7.43. The average molecular weight is 386 g/mol. The van der Waals surface area contributed by atoms with Crippen LogP contribution in [0.2, 0.25) is 0 Å². The summed E-state index contributed by atoms with van der Waals surface area (Å²) in [5.74, 6) is 0.510. The number of carbonyl (C=O) groups excluding carboxylic acids is 1. The van der Waals surface area contributed by atoms with Crippen LogP contribution in [0.4, 0.5) is 11.4 Å². The van der Waals surface area contributed by atoms with Crippen molar-refractivity contribution in [3.8, 4) is 5.75 Å². The third-order valence-electron chi connectivity index (χ3n) is 3.32. The molecule has 0 bridgehead atoms. The number of halogens is 2. The number of nitrogens with one attached hydrogen (secondary N) is 1. The summed E-state index contributed by atoms with van der Waals surface area (Å²) in [6.07, 6.45) is 0.949. The second-order valence-electron chi connectivity index (χ2n) is 5.57. The number of anilines is 2. The fourth-order valence-electron chi connectivity index (χ4n) is 2.14. The van der Waals surface area contributed by atoms with Crippen molar-refractivity contribution in [3.63, 3.8) is 0 Å². The molecule has 0 aliphatic rings. The Morgan fingerprint density at radius 1 is 1.12 bits per heavy atom. The minimum atomic E-state index is -0.229. The highest BCUT2D eigenvalue weighted by Gasteiger charge is 2.09. The van der Waals surface area contributed by atoms with E-state index in [-0.39, 0.29) is 30.7 Å². The van der Waals surface area contributed by atoms with E-state index in [1.165, 1.54) is 0 Å². The molecule has 3 N–H and O–H groups in total. The van der Waals surface area contributed by atoms with Crippen LogP contribution in [0.1, 0.15) is 16.8 Å². The SMILES string of the molecule is CN(C)CCCOc1cccc(NC(=O)c2ccccc2N)c1.Cl.Cl. The van der Waals surface area contributed by atoms with Gasteiger partial charge in [0, 0.05) is 24.0 Å². The second kappa shape index (κ2) is 11.6. The minimum Gasteiger partial charge on any atom is -0.493 e. The largest absolute Gasteiger partial charge is 0.493 e. The normalized spacial score (nSPS) is 9.72. The van der Waals surface area contributed by atoms with Crippen molar-refractivity contribution in [3.05, 3.63) is 54.1 Å². The Bertz CT molecular complexity index is 666. The number of rotatable bonds is 7. The highest BCUT2D eigenvalue weighted by molar-refractivity contribution is 6.07. The van der Waals surface area contributed by atoms with Crippen LogP contribution in [0.3, 0.4) is 0 Å². The number of nitrogens with two attached hydrogens (primary N) is 1. The molecule has 0 heterocycles. The van der Waals surface area contributed by atoms with E-state index >= 15 is 0 Å².